The molecule has 0 radical (unpaired) electrons. The minimum atomic E-state index is 0.113. The van der Waals surface area contributed by atoms with Gasteiger partial charge in [-0.15, -0.1) is 0 Å². The molecule has 1 saturated heterocycles. The quantitative estimate of drug-likeness (QED) is 0.807. The monoisotopic (exact) mass is 322 g/mol. The Balaban J connectivity index is 1.70. The number of hydrogen-bond acceptors (Lipinski definition) is 3. The molecule has 1 aliphatic rings. The van der Waals surface area contributed by atoms with E-state index in [4.69, 9.17) is 0 Å². The van der Waals surface area contributed by atoms with E-state index in [-0.39, 0.29) is 5.78 Å². The van der Waals surface area contributed by atoms with E-state index in [9.17, 15) is 4.79 Å². The molecule has 24 heavy (non-hydrogen) atoms. The molecule has 0 atom stereocenters. The first-order chi connectivity index (χ1) is 11.5. The highest BCUT2D eigenvalue weighted by Crippen LogP contribution is 2.18. The summed E-state index contributed by atoms with van der Waals surface area (Å²) in [5, 5.41) is 0. The molecule has 1 aliphatic heterocycles. The van der Waals surface area contributed by atoms with Crippen LogP contribution < -0.4 is 0 Å². The first-order valence-electron chi connectivity index (χ1n) is 8.65. The molecule has 0 aromatic heterocycles. The maximum Gasteiger partial charge on any atom is 0.193 e. The fourth-order valence-corrected chi connectivity index (χ4v) is 3.18. The maximum atomic E-state index is 12.7. The van der Waals surface area contributed by atoms with Gasteiger partial charge in [-0.1, -0.05) is 42.5 Å². The van der Waals surface area contributed by atoms with E-state index in [0.29, 0.717) is 0 Å². The minimum absolute atomic E-state index is 0.113. The fourth-order valence-electron chi connectivity index (χ4n) is 3.18. The molecule has 0 unspecified atom stereocenters. The molecule has 0 N–H and O–H groups in total. The zero-order valence-electron chi connectivity index (χ0n) is 14.9. The van der Waals surface area contributed by atoms with Gasteiger partial charge < -0.3 is 4.90 Å². The van der Waals surface area contributed by atoms with Gasteiger partial charge in [0.25, 0.3) is 0 Å². The number of ketones is 1. The third-order valence-corrected chi connectivity index (χ3v) is 5.07. The summed E-state index contributed by atoms with van der Waals surface area (Å²) in [6.07, 6.45) is 0. The van der Waals surface area contributed by atoms with Crippen LogP contribution in [0.5, 0.6) is 0 Å². The molecular weight excluding hydrogens is 296 g/mol. The van der Waals surface area contributed by atoms with Gasteiger partial charge in [0.15, 0.2) is 5.78 Å². The molecule has 2 aromatic carbocycles. The lowest BCUT2D eigenvalue weighted by molar-refractivity contribution is 0.103. The fraction of sp³-hybridized carbons (Fsp3) is 0.381. The molecule has 1 heterocycles. The molecule has 0 saturated carbocycles. The normalized spacial score (nSPS) is 16.3. The number of benzene rings is 2. The molecule has 1 fully saturated rings. The lowest BCUT2D eigenvalue weighted by atomic mass is 9.95. The Bertz CT molecular complexity index is 713. The number of carbonyl (C=O) groups excluding carboxylic acids is 1. The van der Waals surface area contributed by atoms with Gasteiger partial charge in [-0.05, 0) is 37.6 Å². The van der Waals surface area contributed by atoms with Gasteiger partial charge in [0.1, 0.15) is 0 Å². The second kappa shape index (κ2) is 7.29. The Labute approximate surface area is 144 Å². The average Bonchev–Trinajstić information content (AvgIpc) is 2.59. The Kier molecular flexibility index (Phi) is 5.12. The van der Waals surface area contributed by atoms with Gasteiger partial charge in [0, 0.05) is 43.9 Å². The highest BCUT2D eigenvalue weighted by atomic mass is 16.1. The summed E-state index contributed by atoms with van der Waals surface area (Å²) in [5.74, 6) is 0.113. The van der Waals surface area contributed by atoms with Crippen molar-refractivity contribution < 1.29 is 4.79 Å². The molecule has 3 rings (SSSR count). The largest absolute Gasteiger partial charge is 0.304 e. The molecular formula is C21H26N2O. The lowest BCUT2D eigenvalue weighted by Crippen LogP contribution is -2.43. The van der Waals surface area contributed by atoms with E-state index in [1.165, 1.54) is 5.56 Å². The van der Waals surface area contributed by atoms with Crippen LogP contribution in [0.25, 0.3) is 0 Å². The van der Waals surface area contributed by atoms with Crippen molar-refractivity contribution in [3.05, 3.63) is 70.3 Å². The number of likely N-dealkylation sites (N-methyl/N-ethyl adjacent to an activating group) is 1. The van der Waals surface area contributed by atoms with Gasteiger partial charge in [0.05, 0.1) is 0 Å². The third-order valence-electron chi connectivity index (χ3n) is 5.07. The smallest absolute Gasteiger partial charge is 0.193 e. The van der Waals surface area contributed by atoms with Crippen LogP contribution in [-0.2, 0) is 6.54 Å². The van der Waals surface area contributed by atoms with Gasteiger partial charge in [-0.3, -0.25) is 9.69 Å². The summed E-state index contributed by atoms with van der Waals surface area (Å²) in [6, 6.07) is 14.0. The molecule has 0 bridgehead atoms. The van der Waals surface area contributed by atoms with E-state index in [2.05, 4.69) is 29.0 Å². The predicted octanol–water partition coefficient (Wildman–Crippen LogP) is 3.28. The number of nitrogens with zero attached hydrogens (tertiary/aromatic N) is 2. The molecule has 126 valence electrons. The standard InChI is InChI=1S/C21H26N2O/c1-16-5-4-6-20(17(16)2)21(24)19-9-7-18(8-10-19)15-23-13-11-22(3)12-14-23/h4-10H,11-15H2,1-3H3. The second-order valence-electron chi connectivity index (χ2n) is 6.85. The predicted molar refractivity (Wildman–Crippen MR) is 98.6 cm³/mol. The van der Waals surface area contributed by atoms with Gasteiger partial charge in [-0.2, -0.15) is 0 Å². The molecule has 0 spiro atoms. The van der Waals surface area contributed by atoms with Crippen LogP contribution in [0.4, 0.5) is 0 Å². The van der Waals surface area contributed by atoms with Crippen LogP contribution in [-0.4, -0.2) is 48.8 Å². The Hall–Kier alpha value is -1.97. The summed E-state index contributed by atoms with van der Waals surface area (Å²) in [5.41, 5.74) is 5.08. The van der Waals surface area contributed by atoms with Gasteiger partial charge in [-0.25, -0.2) is 0 Å². The van der Waals surface area contributed by atoms with Crippen LogP contribution in [0, 0.1) is 13.8 Å². The Morgan fingerprint density at radius 2 is 1.62 bits per heavy atom. The van der Waals surface area contributed by atoms with E-state index < -0.39 is 0 Å². The van der Waals surface area contributed by atoms with Gasteiger partial charge in [0.2, 0.25) is 0 Å². The number of hydrogen-bond donors (Lipinski definition) is 0. The summed E-state index contributed by atoms with van der Waals surface area (Å²) >= 11 is 0. The second-order valence-corrected chi connectivity index (χ2v) is 6.85. The van der Waals surface area contributed by atoms with E-state index >= 15 is 0 Å². The van der Waals surface area contributed by atoms with E-state index in [0.717, 1.165) is 55.0 Å². The number of piperazine rings is 1. The van der Waals surface area contributed by atoms with E-state index in [1.807, 2.05) is 44.2 Å². The van der Waals surface area contributed by atoms with Gasteiger partial charge >= 0.3 is 0 Å². The van der Waals surface area contributed by atoms with Crippen LogP contribution in [0.3, 0.4) is 0 Å². The molecule has 3 heteroatoms. The lowest BCUT2D eigenvalue weighted by Gasteiger charge is -2.32. The maximum absolute atomic E-state index is 12.7. The Morgan fingerprint density at radius 1 is 0.958 bits per heavy atom. The van der Waals surface area contributed by atoms with Crippen LogP contribution in [0.2, 0.25) is 0 Å². The molecule has 0 aliphatic carbocycles. The van der Waals surface area contributed by atoms with Crippen molar-refractivity contribution in [2.24, 2.45) is 0 Å². The minimum Gasteiger partial charge on any atom is -0.304 e. The SMILES string of the molecule is Cc1cccc(C(=O)c2ccc(CN3CCN(C)CC3)cc2)c1C. The first kappa shape index (κ1) is 16.9. The van der Waals surface area contributed by atoms with E-state index in [1.54, 1.807) is 0 Å². The summed E-state index contributed by atoms with van der Waals surface area (Å²) in [4.78, 5) is 17.6. The van der Waals surface area contributed by atoms with Crippen LogP contribution in [0.1, 0.15) is 32.6 Å². The van der Waals surface area contributed by atoms with Crippen molar-refractivity contribution in [3.8, 4) is 0 Å². The highest BCUT2D eigenvalue weighted by Gasteiger charge is 2.15. The summed E-state index contributed by atoms with van der Waals surface area (Å²) in [7, 11) is 2.17. The first-order valence-corrected chi connectivity index (χ1v) is 8.65. The topological polar surface area (TPSA) is 23.6 Å². The van der Waals surface area contributed by atoms with Crippen LogP contribution in [0.15, 0.2) is 42.5 Å². The zero-order chi connectivity index (χ0) is 17.1. The van der Waals surface area contributed by atoms with Crippen molar-refractivity contribution in [3.63, 3.8) is 0 Å². The highest BCUT2D eigenvalue weighted by molar-refractivity contribution is 6.10. The van der Waals surface area contributed by atoms with Crippen molar-refractivity contribution in [1.29, 1.82) is 0 Å². The number of carbonyl (C=O) groups is 1. The summed E-state index contributed by atoms with van der Waals surface area (Å²) < 4.78 is 0. The number of rotatable bonds is 4. The number of aryl methyl sites for hydroxylation is 1. The van der Waals surface area contributed by atoms with Crippen LogP contribution >= 0.6 is 0 Å². The molecule has 3 nitrogen and oxygen atoms in total. The average molecular weight is 322 g/mol. The summed E-state index contributed by atoms with van der Waals surface area (Å²) in [6.45, 7) is 9.51. The van der Waals surface area contributed by atoms with Crippen molar-refractivity contribution in [2.75, 3.05) is 33.2 Å². The Morgan fingerprint density at radius 3 is 2.29 bits per heavy atom. The van der Waals surface area contributed by atoms with Crippen molar-refractivity contribution >= 4 is 5.78 Å². The third kappa shape index (κ3) is 3.74. The molecule has 2 aromatic rings. The van der Waals surface area contributed by atoms with Crippen molar-refractivity contribution in [2.45, 2.75) is 20.4 Å². The zero-order valence-corrected chi connectivity index (χ0v) is 14.9. The molecule has 0 amide bonds. The van der Waals surface area contributed by atoms with Crippen molar-refractivity contribution in [1.82, 2.24) is 9.80 Å².